The molecule has 1 aliphatic rings. The Kier molecular flexibility index (Phi) is 8.71. The molecule has 0 aromatic heterocycles. The molecule has 180 valence electrons. The first-order chi connectivity index (χ1) is 15.8. The number of morpholine rings is 1. The summed E-state index contributed by atoms with van der Waals surface area (Å²) in [4.78, 5) is 12.5. The van der Waals surface area contributed by atoms with E-state index >= 15 is 0 Å². The molecule has 0 atom stereocenters. The third-order valence-corrected chi connectivity index (χ3v) is 7.18. The maximum Gasteiger partial charge on any atom is 0.246 e. The summed E-state index contributed by atoms with van der Waals surface area (Å²) in [7, 11) is -3.78. The number of anilines is 1. The van der Waals surface area contributed by atoms with Gasteiger partial charge in [-0.25, -0.2) is 8.42 Å². The van der Waals surface area contributed by atoms with Crippen molar-refractivity contribution >= 4 is 21.6 Å². The average Bonchev–Trinajstić information content (AvgIpc) is 2.81. The topological polar surface area (TPSA) is 94.2 Å². The lowest BCUT2D eigenvalue weighted by Gasteiger charge is -2.27. The van der Waals surface area contributed by atoms with Crippen LogP contribution in [0.15, 0.2) is 47.4 Å². The molecule has 9 heteroatoms. The van der Waals surface area contributed by atoms with Gasteiger partial charge in [0.1, 0.15) is 16.4 Å². The van der Waals surface area contributed by atoms with E-state index in [2.05, 4.69) is 19.2 Å². The number of rotatable bonds is 10. The number of sulfonamides is 1. The fourth-order valence-corrected chi connectivity index (χ4v) is 4.99. The molecule has 0 aliphatic carbocycles. The van der Waals surface area contributed by atoms with Crippen LogP contribution in [0.3, 0.4) is 0 Å². The van der Waals surface area contributed by atoms with E-state index in [0.717, 1.165) is 0 Å². The second-order valence-corrected chi connectivity index (χ2v) is 9.89. The molecule has 0 saturated carbocycles. The number of benzene rings is 2. The standard InChI is InChI=1S/C24H32N2O6S/c1-4-31-22-10-7-20(17-23(22)33(28,29)26-12-15-30-16-13-26)25-24(27)11-14-32-21-8-5-19(6-9-21)18(2)3/h5-10,17-18H,4,11-16H2,1-3H3,(H,25,27). The van der Waals surface area contributed by atoms with Gasteiger partial charge in [0, 0.05) is 18.8 Å². The first kappa shape index (κ1) is 25.0. The SMILES string of the molecule is CCOc1ccc(NC(=O)CCOc2ccc(C(C)C)cc2)cc1S(=O)(=O)N1CCOCC1. The zero-order chi connectivity index (χ0) is 23.8. The Hall–Kier alpha value is -2.62. The minimum Gasteiger partial charge on any atom is -0.493 e. The molecule has 0 spiro atoms. The molecule has 1 amide bonds. The van der Waals surface area contributed by atoms with Crippen molar-refractivity contribution in [1.82, 2.24) is 4.31 Å². The van der Waals surface area contributed by atoms with Crippen molar-refractivity contribution in [2.75, 3.05) is 44.8 Å². The van der Waals surface area contributed by atoms with E-state index in [4.69, 9.17) is 14.2 Å². The van der Waals surface area contributed by atoms with Gasteiger partial charge < -0.3 is 19.5 Å². The molecule has 8 nitrogen and oxygen atoms in total. The fourth-order valence-electron chi connectivity index (χ4n) is 3.42. The molecular weight excluding hydrogens is 444 g/mol. The van der Waals surface area contributed by atoms with Crippen LogP contribution >= 0.6 is 0 Å². The van der Waals surface area contributed by atoms with E-state index in [-0.39, 0.29) is 42.7 Å². The highest BCUT2D eigenvalue weighted by molar-refractivity contribution is 7.89. The summed E-state index contributed by atoms with van der Waals surface area (Å²) in [6.45, 7) is 7.82. The maximum absolute atomic E-state index is 13.2. The van der Waals surface area contributed by atoms with Crippen molar-refractivity contribution in [3.05, 3.63) is 48.0 Å². The normalized spacial score (nSPS) is 14.8. The molecule has 0 bridgehead atoms. The Morgan fingerprint density at radius 1 is 1.09 bits per heavy atom. The van der Waals surface area contributed by atoms with Crippen LogP contribution < -0.4 is 14.8 Å². The Morgan fingerprint density at radius 2 is 1.79 bits per heavy atom. The quantitative estimate of drug-likeness (QED) is 0.563. The summed E-state index contributed by atoms with van der Waals surface area (Å²) in [6.07, 6.45) is 0.130. The highest BCUT2D eigenvalue weighted by atomic mass is 32.2. The minimum atomic E-state index is -3.78. The van der Waals surface area contributed by atoms with Gasteiger partial charge in [0.25, 0.3) is 0 Å². The van der Waals surface area contributed by atoms with Gasteiger partial charge in [-0.1, -0.05) is 26.0 Å². The summed E-state index contributed by atoms with van der Waals surface area (Å²) >= 11 is 0. The number of hydrogen-bond acceptors (Lipinski definition) is 6. The lowest BCUT2D eigenvalue weighted by Crippen LogP contribution is -2.40. The highest BCUT2D eigenvalue weighted by Gasteiger charge is 2.29. The number of carbonyl (C=O) groups excluding carboxylic acids is 1. The molecular formula is C24H32N2O6S. The molecule has 3 rings (SSSR count). The lowest BCUT2D eigenvalue weighted by atomic mass is 10.0. The molecule has 1 aliphatic heterocycles. The third-order valence-electron chi connectivity index (χ3n) is 5.26. The van der Waals surface area contributed by atoms with E-state index in [1.807, 2.05) is 24.3 Å². The molecule has 0 radical (unpaired) electrons. The molecule has 1 fully saturated rings. The van der Waals surface area contributed by atoms with Crippen molar-refractivity contribution in [1.29, 1.82) is 0 Å². The summed E-state index contributed by atoms with van der Waals surface area (Å²) in [5, 5.41) is 2.75. The predicted octanol–water partition coefficient (Wildman–Crippen LogP) is 3.64. The van der Waals surface area contributed by atoms with Crippen LogP contribution in [0.25, 0.3) is 0 Å². The molecule has 1 saturated heterocycles. The summed E-state index contributed by atoms with van der Waals surface area (Å²) in [6, 6.07) is 12.4. The first-order valence-corrected chi connectivity index (χ1v) is 12.6. The number of carbonyl (C=O) groups is 1. The Labute approximate surface area is 195 Å². The molecule has 1 heterocycles. The second kappa shape index (κ2) is 11.5. The Balaban J connectivity index is 1.64. The molecule has 2 aromatic carbocycles. The largest absolute Gasteiger partial charge is 0.493 e. The first-order valence-electron chi connectivity index (χ1n) is 11.2. The van der Waals surface area contributed by atoms with Crippen molar-refractivity contribution in [2.45, 2.75) is 38.0 Å². The third kappa shape index (κ3) is 6.69. The monoisotopic (exact) mass is 476 g/mol. The Morgan fingerprint density at radius 3 is 2.42 bits per heavy atom. The van der Waals surface area contributed by atoms with Crippen molar-refractivity contribution in [3.63, 3.8) is 0 Å². The van der Waals surface area contributed by atoms with Crippen LogP contribution in [0, 0.1) is 0 Å². The van der Waals surface area contributed by atoms with Crippen LogP contribution in [-0.2, 0) is 19.6 Å². The van der Waals surface area contributed by atoms with Gasteiger partial charge in [-0.15, -0.1) is 0 Å². The lowest BCUT2D eigenvalue weighted by molar-refractivity contribution is -0.116. The Bertz CT molecular complexity index is 1030. The number of nitrogens with zero attached hydrogens (tertiary/aromatic N) is 1. The number of amides is 1. The van der Waals surface area contributed by atoms with Gasteiger partial charge in [0.2, 0.25) is 15.9 Å². The zero-order valence-corrected chi connectivity index (χ0v) is 20.2. The smallest absolute Gasteiger partial charge is 0.246 e. The van der Waals surface area contributed by atoms with Gasteiger partial charge in [-0.05, 0) is 48.7 Å². The van der Waals surface area contributed by atoms with Crippen molar-refractivity contribution in [2.24, 2.45) is 0 Å². The van der Waals surface area contributed by atoms with Crippen LogP contribution in [0.2, 0.25) is 0 Å². The van der Waals surface area contributed by atoms with Crippen LogP contribution in [0.4, 0.5) is 5.69 Å². The van der Waals surface area contributed by atoms with Gasteiger partial charge in [0.15, 0.2) is 0 Å². The van der Waals surface area contributed by atoms with Gasteiger partial charge in [0.05, 0.1) is 32.8 Å². The van der Waals surface area contributed by atoms with Crippen LogP contribution in [0.5, 0.6) is 11.5 Å². The van der Waals surface area contributed by atoms with E-state index in [9.17, 15) is 13.2 Å². The van der Waals surface area contributed by atoms with Gasteiger partial charge in [-0.2, -0.15) is 4.31 Å². The minimum absolute atomic E-state index is 0.0329. The predicted molar refractivity (Wildman–Crippen MR) is 126 cm³/mol. The van der Waals surface area contributed by atoms with Crippen LogP contribution in [-0.4, -0.2) is 58.1 Å². The van der Waals surface area contributed by atoms with Gasteiger partial charge in [-0.3, -0.25) is 4.79 Å². The molecule has 33 heavy (non-hydrogen) atoms. The maximum atomic E-state index is 13.2. The van der Waals surface area contributed by atoms with E-state index in [0.29, 0.717) is 37.2 Å². The highest BCUT2D eigenvalue weighted by Crippen LogP contribution is 2.30. The van der Waals surface area contributed by atoms with Crippen molar-refractivity contribution < 1.29 is 27.4 Å². The number of nitrogens with one attached hydrogen (secondary N) is 1. The summed E-state index contributed by atoms with van der Waals surface area (Å²) in [5.41, 5.74) is 1.61. The zero-order valence-electron chi connectivity index (χ0n) is 19.4. The van der Waals surface area contributed by atoms with E-state index < -0.39 is 10.0 Å². The second-order valence-electron chi connectivity index (χ2n) is 7.98. The van der Waals surface area contributed by atoms with E-state index in [1.165, 1.54) is 15.9 Å². The van der Waals surface area contributed by atoms with Crippen molar-refractivity contribution in [3.8, 4) is 11.5 Å². The summed E-state index contributed by atoms with van der Waals surface area (Å²) in [5.74, 6) is 1.13. The average molecular weight is 477 g/mol. The van der Waals surface area contributed by atoms with Gasteiger partial charge >= 0.3 is 0 Å². The molecule has 2 aromatic rings. The fraction of sp³-hybridized carbons (Fsp3) is 0.458. The molecule has 1 N–H and O–H groups in total. The molecule has 0 unspecified atom stereocenters. The number of ether oxygens (including phenoxy) is 3. The van der Waals surface area contributed by atoms with Crippen LogP contribution in [0.1, 0.15) is 38.7 Å². The van der Waals surface area contributed by atoms with E-state index in [1.54, 1.807) is 19.1 Å². The number of hydrogen-bond donors (Lipinski definition) is 1. The summed E-state index contributed by atoms with van der Waals surface area (Å²) < 4.78 is 44.2.